The Hall–Kier alpha value is -1.29. The van der Waals surface area contributed by atoms with E-state index in [1.165, 1.54) is 12.4 Å². The zero-order valence-corrected chi connectivity index (χ0v) is 9.52. The summed E-state index contributed by atoms with van der Waals surface area (Å²) in [7, 11) is 1.63. The van der Waals surface area contributed by atoms with Gasteiger partial charge in [0.05, 0.1) is 5.56 Å². The highest BCUT2D eigenvalue weighted by Gasteiger charge is 2.28. The number of methoxy groups -OCH3 is 1. The average molecular weight is 208 g/mol. The van der Waals surface area contributed by atoms with E-state index in [-0.39, 0.29) is 11.5 Å². The summed E-state index contributed by atoms with van der Waals surface area (Å²) in [4.78, 5) is 18.7. The first-order valence-electron chi connectivity index (χ1n) is 4.79. The Kier molecular flexibility index (Phi) is 3.52. The summed E-state index contributed by atoms with van der Waals surface area (Å²) in [5, 5.41) is 0. The lowest BCUT2D eigenvalue weighted by Crippen LogP contribution is -2.22. The second kappa shape index (κ2) is 4.49. The van der Waals surface area contributed by atoms with E-state index in [2.05, 4.69) is 30.7 Å². The largest absolute Gasteiger partial charge is 0.373 e. The van der Waals surface area contributed by atoms with Crippen LogP contribution in [0.4, 0.5) is 0 Å². The van der Waals surface area contributed by atoms with Crippen molar-refractivity contribution in [2.75, 3.05) is 7.11 Å². The Morgan fingerprint density at radius 3 is 2.20 bits per heavy atom. The molecule has 0 saturated heterocycles. The molecule has 0 aliphatic rings. The van der Waals surface area contributed by atoms with Crippen LogP contribution in [0.2, 0.25) is 0 Å². The van der Waals surface area contributed by atoms with Crippen molar-refractivity contribution in [1.82, 2.24) is 9.97 Å². The second-order valence-corrected chi connectivity index (χ2v) is 4.47. The third-order valence-corrected chi connectivity index (χ3v) is 2.08. The molecule has 0 spiro atoms. The molecule has 1 unspecified atom stereocenters. The van der Waals surface area contributed by atoms with Crippen molar-refractivity contribution < 1.29 is 9.53 Å². The van der Waals surface area contributed by atoms with Crippen LogP contribution in [0.1, 0.15) is 43.1 Å². The van der Waals surface area contributed by atoms with Gasteiger partial charge >= 0.3 is 0 Å². The highest BCUT2D eigenvalue weighted by atomic mass is 16.5. The van der Waals surface area contributed by atoms with Crippen LogP contribution in [0.5, 0.6) is 0 Å². The third kappa shape index (κ3) is 2.83. The van der Waals surface area contributed by atoms with Crippen LogP contribution in [-0.4, -0.2) is 23.4 Å². The van der Waals surface area contributed by atoms with Crippen molar-refractivity contribution in [2.24, 2.45) is 5.41 Å². The average Bonchev–Trinajstić information content (AvgIpc) is 2.18. The zero-order valence-electron chi connectivity index (χ0n) is 9.52. The van der Waals surface area contributed by atoms with Gasteiger partial charge < -0.3 is 4.74 Å². The maximum absolute atomic E-state index is 10.4. The SMILES string of the molecule is COC(c1ncc(C=O)cn1)C(C)(C)C. The molecule has 0 aliphatic heterocycles. The molecule has 1 rings (SSSR count). The quantitative estimate of drug-likeness (QED) is 0.713. The maximum atomic E-state index is 10.4. The monoisotopic (exact) mass is 208 g/mol. The minimum absolute atomic E-state index is 0.0720. The highest BCUT2D eigenvalue weighted by molar-refractivity contribution is 5.73. The van der Waals surface area contributed by atoms with Gasteiger partial charge in [0, 0.05) is 19.5 Å². The van der Waals surface area contributed by atoms with E-state index in [0.717, 1.165) is 6.29 Å². The first-order valence-corrected chi connectivity index (χ1v) is 4.79. The molecular weight excluding hydrogens is 192 g/mol. The smallest absolute Gasteiger partial charge is 0.157 e. The summed E-state index contributed by atoms with van der Waals surface area (Å²) in [6.07, 6.45) is 3.57. The Labute approximate surface area is 89.7 Å². The fourth-order valence-corrected chi connectivity index (χ4v) is 1.39. The van der Waals surface area contributed by atoms with E-state index in [9.17, 15) is 4.79 Å². The van der Waals surface area contributed by atoms with E-state index in [1.807, 2.05) is 0 Å². The first kappa shape index (κ1) is 11.8. The van der Waals surface area contributed by atoms with E-state index in [0.29, 0.717) is 11.4 Å². The summed E-state index contributed by atoms with van der Waals surface area (Å²) >= 11 is 0. The fourth-order valence-electron chi connectivity index (χ4n) is 1.39. The molecule has 4 heteroatoms. The van der Waals surface area contributed by atoms with Crippen LogP contribution in [0, 0.1) is 5.41 Å². The summed E-state index contributed by atoms with van der Waals surface area (Å²) in [6, 6.07) is 0. The number of carbonyl (C=O) groups is 1. The van der Waals surface area contributed by atoms with Gasteiger partial charge in [-0.1, -0.05) is 20.8 Å². The summed E-state index contributed by atoms with van der Waals surface area (Å²) in [5.74, 6) is 0.607. The number of hydrogen-bond acceptors (Lipinski definition) is 4. The fraction of sp³-hybridized carbons (Fsp3) is 0.545. The lowest BCUT2D eigenvalue weighted by molar-refractivity contribution is 0.00862. The number of nitrogens with zero attached hydrogens (tertiary/aromatic N) is 2. The van der Waals surface area contributed by atoms with Crippen molar-refractivity contribution >= 4 is 6.29 Å². The minimum atomic E-state index is -0.168. The lowest BCUT2D eigenvalue weighted by atomic mass is 9.88. The highest BCUT2D eigenvalue weighted by Crippen LogP contribution is 2.33. The van der Waals surface area contributed by atoms with Gasteiger partial charge in [-0.25, -0.2) is 9.97 Å². The molecule has 4 nitrogen and oxygen atoms in total. The second-order valence-electron chi connectivity index (χ2n) is 4.47. The number of aldehydes is 1. The van der Waals surface area contributed by atoms with Crippen LogP contribution in [0.15, 0.2) is 12.4 Å². The molecule has 0 saturated carbocycles. The molecule has 15 heavy (non-hydrogen) atoms. The molecule has 1 heterocycles. The number of aromatic nitrogens is 2. The van der Waals surface area contributed by atoms with Crippen LogP contribution < -0.4 is 0 Å². The lowest BCUT2D eigenvalue weighted by Gasteiger charge is -2.27. The molecule has 0 bridgehead atoms. The predicted molar refractivity (Wildman–Crippen MR) is 56.6 cm³/mol. The van der Waals surface area contributed by atoms with Crippen LogP contribution >= 0.6 is 0 Å². The van der Waals surface area contributed by atoms with Crippen molar-refractivity contribution in [1.29, 1.82) is 0 Å². The molecule has 0 aliphatic carbocycles. The Balaban J connectivity index is 2.98. The molecule has 1 aromatic rings. The van der Waals surface area contributed by atoms with E-state index < -0.39 is 0 Å². The van der Waals surface area contributed by atoms with Crippen LogP contribution in [-0.2, 0) is 4.74 Å². The van der Waals surface area contributed by atoms with Gasteiger partial charge in [0.2, 0.25) is 0 Å². The molecule has 1 atom stereocenters. The molecule has 0 fully saturated rings. The van der Waals surface area contributed by atoms with E-state index >= 15 is 0 Å². The van der Waals surface area contributed by atoms with Gasteiger partial charge in [0.25, 0.3) is 0 Å². The predicted octanol–water partition coefficient (Wildman–Crippen LogP) is 2.02. The Morgan fingerprint density at radius 1 is 1.33 bits per heavy atom. The number of ether oxygens (including phenoxy) is 1. The molecule has 0 radical (unpaired) electrons. The van der Waals surface area contributed by atoms with Crippen molar-refractivity contribution in [3.63, 3.8) is 0 Å². The van der Waals surface area contributed by atoms with Crippen LogP contribution in [0.3, 0.4) is 0 Å². The Morgan fingerprint density at radius 2 is 1.87 bits per heavy atom. The summed E-state index contributed by atoms with van der Waals surface area (Å²) in [6.45, 7) is 6.16. The number of hydrogen-bond donors (Lipinski definition) is 0. The van der Waals surface area contributed by atoms with Gasteiger partial charge in [-0.3, -0.25) is 4.79 Å². The molecular formula is C11H16N2O2. The van der Waals surface area contributed by atoms with Crippen molar-refractivity contribution in [3.8, 4) is 0 Å². The normalized spacial score (nSPS) is 13.6. The number of carbonyl (C=O) groups excluding carboxylic acids is 1. The molecule has 1 aromatic heterocycles. The molecule has 0 N–H and O–H groups in total. The minimum Gasteiger partial charge on any atom is -0.373 e. The van der Waals surface area contributed by atoms with E-state index in [4.69, 9.17) is 4.74 Å². The van der Waals surface area contributed by atoms with E-state index in [1.54, 1.807) is 7.11 Å². The standard InChI is InChI=1S/C11H16N2O2/c1-11(2,3)9(15-4)10-12-5-8(7-14)6-13-10/h5-7,9H,1-4H3. The summed E-state index contributed by atoms with van der Waals surface area (Å²) < 4.78 is 5.36. The maximum Gasteiger partial charge on any atom is 0.157 e. The van der Waals surface area contributed by atoms with Gasteiger partial charge in [-0.05, 0) is 5.41 Å². The van der Waals surface area contributed by atoms with Gasteiger partial charge in [0.15, 0.2) is 12.1 Å². The molecule has 0 amide bonds. The van der Waals surface area contributed by atoms with Gasteiger partial charge in [0.1, 0.15) is 6.10 Å². The molecule has 82 valence electrons. The third-order valence-electron chi connectivity index (χ3n) is 2.08. The first-order chi connectivity index (χ1) is 6.99. The van der Waals surface area contributed by atoms with Crippen molar-refractivity contribution in [3.05, 3.63) is 23.8 Å². The van der Waals surface area contributed by atoms with Crippen molar-refractivity contribution in [2.45, 2.75) is 26.9 Å². The van der Waals surface area contributed by atoms with Gasteiger partial charge in [-0.15, -0.1) is 0 Å². The molecule has 0 aromatic carbocycles. The topological polar surface area (TPSA) is 52.1 Å². The zero-order chi connectivity index (χ0) is 11.5. The summed E-state index contributed by atoms with van der Waals surface area (Å²) in [5.41, 5.74) is 0.403. The number of rotatable bonds is 3. The van der Waals surface area contributed by atoms with Gasteiger partial charge in [-0.2, -0.15) is 0 Å². The van der Waals surface area contributed by atoms with Crippen LogP contribution in [0.25, 0.3) is 0 Å². The Bertz CT molecular complexity index is 327.